The SMILES string of the molecule is O=C(NCCCn1ccnc1)[C@H]1CCCO1. The van der Waals surface area contributed by atoms with Crippen LogP contribution in [0.4, 0.5) is 0 Å². The standard InChI is InChI=1S/C11H17N3O2/c15-11(10-3-1-8-16-10)13-4-2-6-14-7-5-12-9-14/h5,7,9-10H,1-4,6,8H2,(H,13,15)/t10-/m1/s1. The lowest BCUT2D eigenvalue weighted by Crippen LogP contribution is -2.34. The molecule has 0 saturated carbocycles. The van der Waals surface area contributed by atoms with Gasteiger partial charge in [0, 0.05) is 32.1 Å². The van der Waals surface area contributed by atoms with E-state index in [-0.39, 0.29) is 12.0 Å². The number of hydrogen-bond donors (Lipinski definition) is 1. The van der Waals surface area contributed by atoms with E-state index in [0.717, 1.165) is 25.8 Å². The summed E-state index contributed by atoms with van der Waals surface area (Å²) in [5.41, 5.74) is 0. The van der Waals surface area contributed by atoms with E-state index in [4.69, 9.17) is 4.74 Å². The molecule has 16 heavy (non-hydrogen) atoms. The van der Waals surface area contributed by atoms with Crippen LogP contribution in [0.15, 0.2) is 18.7 Å². The molecule has 1 aromatic rings. The highest BCUT2D eigenvalue weighted by atomic mass is 16.5. The van der Waals surface area contributed by atoms with E-state index in [1.165, 1.54) is 0 Å². The van der Waals surface area contributed by atoms with Crippen molar-refractivity contribution >= 4 is 5.91 Å². The van der Waals surface area contributed by atoms with Gasteiger partial charge in [0.05, 0.1) is 6.33 Å². The fourth-order valence-corrected chi connectivity index (χ4v) is 1.79. The average molecular weight is 223 g/mol. The molecular formula is C11H17N3O2. The van der Waals surface area contributed by atoms with E-state index in [1.807, 2.05) is 10.8 Å². The van der Waals surface area contributed by atoms with Gasteiger partial charge in [-0.05, 0) is 19.3 Å². The third kappa shape index (κ3) is 3.06. The molecule has 1 N–H and O–H groups in total. The van der Waals surface area contributed by atoms with Gasteiger partial charge < -0.3 is 14.6 Å². The highest BCUT2D eigenvalue weighted by Crippen LogP contribution is 2.11. The monoisotopic (exact) mass is 223 g/mol. The van der Waals surface area contributed by atoms with Crippen molar-refractivity contribution in [3.63, 3.8) is 0 Å². The molecule has 0 radical (unpaired) electrons. The lowest BCUT2D eigenvalue weighted by atomic mass is 10.2. The summed E-state index contributed by atoms with van der Waals surface area (Å²) < 4.78 is 7.29. The molecule has 0 bridgehead atoms. The summed E-state index contributed by atoms with van der Waals surface area (Å²) in [6, 6.07) is 0. The number of carbonyl (C=O) groups excluding carboxylic acids is 1. The highest BCUT2D eigenvalue weighted by Gasteiger charge is 2.22. The number of nitrogens with one attached hydrogen (secondary N) is 1. The molecule has 2 rings (SSSR count). The van der Waals surface area contributed by atoms with Crippen LogP contribution in [0.5, 0.6) is 0 Å². The number of nitrogens with zero attached hydrogens (tertiary/aromatic N) is 2. The van der Waals surface area contributed by atoms with Crippen molar-refractivity contribution in [3.05, 3.63) is 18.7 Å². The first-order valence-corrected chi connectivity index (χ1v) is 5.71. The number of carbonyl (C=O) groups is 1. The average Bonchev–Trinajstić information content (AvgIpc) is 2.96. The molecule has 1 aromatic heterocycles. The predicted molar refractivity (Wildman–Crippen MR) is 58.8 cm³/mol. The zero-order valence-corrected chi connectivity index (χ0v) is 9.26. The summed E-state index contributed by atoms with van der Waals surface area (Å²) in [5.74, 6) is 0.0307. The Labute approximate surface area is 94.8 Å². The third-order valence-electron chi connectivity index (χ3n) is 2.67. The zero-order chi connectivity index (χ0) is 11.2. The van der Waals surface area contributed by atoms with Crippen LogP contribution in [-0.4, -0.2) is 34.7 Å². The topological polar surface area (TPSA) is 56.2 Å². The van der Waals surface area contributed by atoms with E-state index in [1.54, 1.807) is 12.5 Å². The van der Waals surface area contributed by atoms with E-state index in [0.29, 0.717) is 13.2 Å². The van der Waals surface area contributed by atoms with Crippen molar-refractivity contribution in [2.24, 2.45) is 0 Å². The van der Waals surface area contributed by atoms with E-state index < -0.39 is 0 Å². The molecule has 2 heterocycles. The molecular weight excluding hydrogens is 206 g/mol. The van der Waals surface area contributed by atoms with Gasteiger partial charge in [0.15, 0.2) is 0 Å². The predicted octanol–water partition coefficient (Wildman–Crippen LogP) is 0.568. The molecule has 1 saturated heterocycles. The number of hydrogen-bond acceptors (Lipinski definition) is 3. The second-order valence-corrected chi connectivity index (χ2v) is 3.95. The summed E-state index contributed by atoms with van der Waals surface area (Å²) in [4.78, 5) is 15.5. The van der Waals surface area contributed by atoms with Gasteiger partial charge in [-0.1, -0.05) is 0 Å². The number of imidazole rings is 1. The van der Waals surface area contributed by atoms with Crippen LogP contribution in [0.25, 0.3) is 0 Å². The summed E-state index contributed by atoms with van der Waals surface area (Å²) in [6.07, 6.45) is 8.00. The van der Waals surface area contributed by atoms with Crippen LogP contribution in [0.2, 0.25) is 0 Å². The second-order valence-electron chi connectivity index (χ2n) is 3.95. The molecule has 88 valence electrons. The first-order valence-electron chi connectivity index (χ1n) is 5.71. The van der Waals surface area contributed by atoms with Gasteiger partial charge in [-0.2, -0.15) is 0 Å². The number of rotatable bonds is 5. The molecule has 1 aliphatic rings. The van der Waals surface area contributed by atoms with Crippen molar-refractivity contribution in [2.45, 2.75) is 31.9 Å². The van der Waals surface area contributed by atoms with E-state index in [2.05, 4.69) is 10.3 Å². The van der Waals surface area contributed by atoms with Crippen LogP contribution >= 0.6 is 0 Å². The van der Waals surface area contributed by atoms with Crippen molar-refractivity contribution < 1.29 is 9.53 Å². The third-order valence-corrected chi connectivity index (χ3v) is 2.67. The first kappa shape index (κ1) is 11.1. The largest absolute Gasteiger partial charge is 0.368 e. The summed E-state index contributed by atoms with van der Waals surface area (Å²) in [6.45, 7) is 2.29. The Morgan fingerprint density at radius 2 is 2.56 bits per heavy atom. The minimum Gasteiger partial charge on any atom is -0.368 e. The molecule has 0 spiro atoms. The Hall–Kier alpha value is -1.36. The summed E-state index contributed by atoms with van der Waals surface area (Å²) in [5, 5.41) is 2.89. The maximum Gasteiger partial charge on any atom is 0.249 e. The zero-order valence-electron chi connectivity index (χ0n) is 9.26. The minimum atomic E-state index is -0.215. The normalized spacial score (nSPS) is 19.9. The number of aryl methyl sites for hydroxylation is 1. The maximum absolute atomic E-state index is 11.6. The molecule has 1 amide bonds. The molecule has 0 aliphatic carbocycles. The Balaban J connectivity index is 1.59. The molecule has 0 unspecified atom stereocenters. The van der Waals surface area contributed by atoms with Gasteiger partial charge in [-0.15, -0.1) is 0 Å². The molecule has 5 nitrogen and oxygen atoms in total. The van der Waals surface area contributed by atoms with Crippen molar-refractivity contribution in [1.29, 1.82) is 0 Å². The lowest BCUT2D eigenvalue weighted by Gasteiger charge is -2.10. The smallest absolute Gasteiger partial charge is 0.249 e. The van der Waals surface area contributed by atoms with Crippen LogP contribution in [0.1, 0.15) is 19.3 Å². The molecule has 1 atom stereocenters. The maximum atomic E-state index is 11.6. The van der Waals surface area contributed by atoms with Crippen LogP contribution in [-0.2, 0) is 16.1 Å². The van der Waals surface area contributed by atoms with Gasteiger partial charge in [0.1, 0.15) is 6.10 Å². The number of aromatic nitrogens is 2. The Morgan fingerprint density at radius 1 is 1.62 bits per heavy atom. The van der Waals surface area contributed by atoms with Crippen LogP contribution in [0, 0.1) is 0 Å². The first-order chi connectivity index (χ1) is 7.86. The summed E-state index contributed by atoms with van der Waals surface area (Å²) in [7, 11) is 0. The van der Waals surface area contributed by atoms with Crippen molar-refractivity contribution in [3.8, 4) is 0 Å². The fraction of sp³-hybridized carbons (Fsp3) is 0.636. The van der Waals surface area contributed by atoms with Crippen molar-refractivity contribution in [2.75, 3.05) is 13.2 Å². The molecule has 1 aliphatic heterocycles. The molecule has 5 heteroatoms. The summed E-state index contributed by atoms with van der Waals surface area (Å²) >= 11 is 0. The quantitative estimate of drug-likeness (QED) is 0.742. The Bertz CT molecular complexity index is 318. The van der Waals surface area contributed by atoms with Gasteiger partial charge in [0.2, 0.25) is 5.91 Å². The van der Waals surface area contributed by atoms with Gasteiger partial charge >= 0.3 is 0 Å². The van der Waals surface area contributed by atoms with Crippen molar-refractivity contribution in [1.82, 2.24) is 14.9 Å². The van der Waals surface area contributed by atoms with Gasteiger partial charge in [0.25, 0.3) is 0 Å². The van der Waals surface area contributed by atoms with E-state index in [9.17, 15) is 4.79 Å². The molecule has 0 aromatic carbocycles. The van der Waals surface area contributed by atoms with Gasteiger partial charge in [-0.3, -0.25) is 4.79 Å². The Morgan fingerprint density at radius 3 is 3.25 bits per heavy atom. The van der Waals surface area contributed by atoms with E-state index >= 15 is 0 Å². The Kier molecular flexibility index (Phi) is 3.93. The number of amides is 1. The van der Waals surface area contributed by atoms with Crippen LogP contribution in [0.3, 0.4) is 0 Å². The lowest BCUT2D eigenvalue weighted by molar-refractivity contribution is -0.130. The highest BCUT2D eigenvalue weighted by molar-refractivity contribution is 5.80. The fourth-order valence-electron chi connectivity index (χ4n) is 1.79. The second kappa shape index (κ2) is 5.65. The van der Waals surface area contributed by atoms with Gasteiger partial charge in [-0.25, -0.2) is 4.98 Å². The van der Waals surface area contributed by atoms with Crippen LogP contribution < -0.4 is 5.32 Å². The molecule has 1 fully saturated rings. The minimum absolute atomic E-state index is 0.0307. The number of ether oxygens (including phenoxy) is 1.